The summed E-state index contributed by atoms with van der Waals surface area (Å²) in [5, 5.41) is 19.1. The largest absolute Gasteiger partial charge is 0.395 e. The van der Waals surface area contributed by atoms with Gasteiger partial charge in [0.05, 0.1) is 24.1 Å². The van der Waals surface area contributed by atoms with Crippen LogP contribution in [-0.4, -0.2) is 16.7 Å². The third kappa shape index (κ3) is 1.75. The van der Waals surface area contributed by atoms with Gasteiger partial charge in [0.15, 0.2) is 0 Å². The topological polar surface area (TPSA) is 56.9 Å². The molecule has 0 aliphatic carbocycles. The van der Waals surface area contributed by atoms with E-state index in [4.69, 9.17) is 5.26 Å². The van der Waals surface area contributed by atoms with Crippen LogP contribution >= 0.6 is 0 Å². The fourth-order valence-electron chi connectivity index (χ4n) is 1.84. The van der Waals surface area contributed by atoms with E-state index in [0.717, 1.165) is 22.2 Å². The van der Waals surface area contributed by atoms with E-state index >= 15 is 0 Å². The van der Waals surface area contributed by atoms with Crippen LogP contribution in [0, 0.1) is 18.3 Å². The average molecular weight is 212 g/mol. The van der Waals surface area contributed by atoms with Gasteiger partial charge in [0.1, 0.15) is 0 Å². The van der Waals surface area contributed by atoms with Crippen LogP contribution < -0.4 is 0 Å². The lowest BCUT2D eigenvalue weighted by molar-refractivity contribution is 0.286. The molecule has 0 fully saturated rings. The first-order chi connectivity index (χ1) is 7.76. The Morgan fingerprint density at radius 2 is 2.19 bits per heavy atom. The van der Waals surface area contributed by atoms with Crippen LogP contribution in [0.15, 0.2) is 30.3 Å². The maximum atomic E-state index is 9.19. The molecular weight excluding hydrogens is 200 g/mol. The predicted octanol–water partition coefficient (Wildman–Crippen LogP) is 2.14. The Hall–Kier alpha value is -1.92. The Bertz CT molecular complexity index is 557. The summed E-state index contributed by atoms with van der Waals surface area (Å²) in [6, 6.07) is 11.6. The lowest BCUT2D eigenvalue weighted by Crippen LogP contribution is -2.03. The second kappa shape index (κ2) is 4.30. The highest BCUT2D eigenvalue weighted by atomic mass is 16.3. The minimum Gasteiger partial charge on any atom is -0.395 e. The number of fused-ring (bicyclic) bond motifs is 1. The molecule has 3 nitrogen and oxygen atoms in total. The summed E-state index contributed by atoms with van der Waals surface area (Å²) in [5.41, 5.74) is 2.58. The van der Waals surface area contributed by atoms with Crippen molar-refractivity contribution in [2.24, 2.45) is 0 Å². The van der Waals surface area contributed by atoms with Crippen molar-refractivity contribution < 1.29 is 5.11 Å². The number of aliphatic hydroxyl groups is 1. The summed E-state index contributed by atoms with van der Waals surface area (Å²) < 4.78 is 0. The molecule has 0 saturated heterocycles. The molecule has 1 aromatic heterocycles. The van der Waals surface area contributed by atoms with Gasteiger partial charge in [-0.15, -0.1) is 0 Å². The van der Waals surface area contributed by atoms with Crippen molar-refractivity contribution in [2.75, 3.05) is 6.61 Å². The number of aromatic nitrogens is 1. The number of pyridine rings is 1. The Morgan fingerprint density at radius 3 is 2.88 bits per heavy atom. The Labute approximate surface area is 94.0 Å². The lowest BCUT2D eigenvalue weighted by Gasteiger charge is -2.10. The van der Waals surface area contributed by atoms with Crippen molar-refractivity contribution in [2.45, 2.75) is 12.8 Å². The van der Waals surface area contributed by atoms with Gasteiger partial charge in [0.2, 0.25) is 0 Å². The second-order valence-corrected chi connectivity index (χ2v) is 3.73. The number of aliphatic hydroxyl groups excluding tert-OH is 1. The molecule has 1 aromatic carbocycles. The normalized spacial score (nSPS) is 12.3. The summed E-state index contributed by atoms with van der Waals surface area (Å²) in [6.07, 6.45) is 0. The molecule has 1 heterocycles. The number of rotatable bonds is 2. The van der Waals surface area contributed by atoms with Crippen molar-refractivity contribution >= 4 is 10.9 Å². The summed E-state index contributed by atoms with van der Waals surface area (Å²) >= 11 is 0. The molecule has 0 radical (unpaired) electrons. The van der Waals surface area contributed by atoms with Gasteiger partial charge in [-0.05, 0) is 24.6 Å². The first-order valence-electron chi connectivity index (χ1n) is 5.13. The third-order valence-electron chi connectivity index (χ3n) is 2.59. The molecule has 0 amide bonds. The molecule has 16 heavy (non-hydrogen) atoms. The molecule has 0 saturated carbocycles. The molecule has 80 valence electrons. The van der Waals surface area contributed by atoms with E-state index in [1.165, 1.54) is 0 Å². The van der Waals surface area contributed by atoms with Gasteiger partial charge in [0, 0.05) is 11.1 Å². The predicted molar refractivity (Wildman–Crippen MR) is 61.9 cm³/mol. The van der Waals surface area contributed by atoms with Crippen molar-refractivity contribution in [3.63, 3.8) is 0 Å². The smallest absolute Gasteiger partial charge is 0.0950 e. The monoisotopic (exact) mass is 212 g/mol. The number of para-hydroxylation sites is 1. The molecule has 0 bridgehead atoms. The quantitative estimate of drug-likeness (QED) is 0.829. The van der Waals surface area contributed by atoms with Crippen LogP contribution in [0.3, 0.4) is 0 Å². The van der Waals surface area contributed by atoms with Crippen LogP contribution in [0.5, 0.6) is 0 Å². The third-order valence-corrected chi connectivity index (χ3v) is 2.59. The summed E-state index contributed by atoms with van der Waals surface area (Å²) in [5.74, 6) is -0.480. The molecule has 1 N–H and O–H groups in total. The van der Waals surface area contributed by atoms with Gasteiger partial charge < -0.3 is 5.11 Å². The molecule has 2 rings (SSSR count). The van der Waals surface area contributed by atoms with Crippen molar-refractivity contribution in [3.05, 3.63) is 41.6 Å². The summed E-state index contributed by atoms with van der Waals surface area (Å²) in [7, 11) is 0. The van der Waals surface area contributed by atoms with Gasteiger partial charge in [-0.25, -0.2) is 0 Å². The van der Waals surface area contributed by atoms with Crippen molar-refractivity contribution in [3.8, 4) is 6.07 Å². The molecule has 1 atom stereocenters. The zero-order chi connectivity index (χ0) is 11.5. The Morgan fingerprint density at radius 1 is 1.44 bits per heavy atom. The van der Waals surface area contributed by atoms with Crippen LogP contribution in [0.4, 0.5) is 0 Å². The molecule has 2 aromatic rings. The van der Waals surface area contributed by atoms with E-state index in [2.05, 4.69) is 11.1 Å². The average Bonchev–Trinajstić information content (AvgIpc) is 2.30. The van der Waals surface area contributed by atoms with Crippen LogP contribution in [0.2, 0.25) is 0 Å². The van der Waals surface area contributed by atoms with Gasteiger partial charge in [-0.2, -0.15) is 5.26 Å². The number of nitrogens with zero attached hydrogens (tertiary/aromatic N) is 2. The van der Waals surface area contributed by atoms with Crippen LogP contribution in [0.1, 0.15) is 17.2 Å². The van der Waals surface area contributed by atoms with E-state index in [1.54, 1.807) is 0 Å². The number of hydrogen-bond donors (Lipinski definition) is 1. The molecule has 0 aliphatic heterocycles. The first-order valence-corrected chi connectivity index (χ1v) is 5.13. The highest BCUT2D eigenvalue weighted by Gasteiger charge is 2.13. The van der Waals surface area contributed by atoms with Crippen LogP contribution in [-0.2, 0) is 0 Å². The summed E-state index contributed by atoms with van der Waals surface area (Å²) in [4.78, 5) is 4.40. The lowest BCUT2D eigenvalue weighted by atomic mass is 9.96. The minimum atomic E-state index is -0.480. The summed E-state index contributed by atoms with van der Waals surface area (Å²) in [6.45, 7) is 1.73. The fourth-order valence-corrected chi connectivity index (χ4v) is 1.84. The molecule has 0 aliphatic rings. The van der Waals surface area contributed by atoms with E-state index < -0.39 is 5.92 Å². The Balaban J connectivity index is 2.73. The van der Waals surface area contributed by atoms with E-state index in [9.17, 15) is 5.11 Å². The highest BCUT2D eigenvalue weighted by Crippen LogP contribution is 2.24. The molecule has 0 spiro atoms. The number of aryl methyl sites for hydroxylation is 1. The van der Waals surface area contributed by atoms with Gasteiger partial charge in [-0.3, -0.25) is 4.98 Å². The van der Waals surface area contributed by atoms with E-state index in [-0.39, 0.29) is 6.61 Å². The standard InChI is InChI=1S/C13H12N2O/c1-9-6-12(10(7-14)8-16)11-4-2-3-5-13(11)15-9/h2-6,10,16H,8H2,1H3. The zero-order valence-electron chi connectivity index (χ0n) is 9.01. The van der Waals surface area contributed by atoms with Gasteiger partial charge in [0.25, 0.3) is 0 Å². The molecular formula is C13H12N2O. The maximum Gasteiger partial charge on any atom is 0.0950 e. The van der Waals surface area contributed by atoms with E-state index in [0.29, 0.717) is 0 Å². The minimum absolute atomic E-state index is 0.163. The SMILES string of the molecule is Cc1cc(C(C#N)CO)c2ccccc2n1. The highest BCUT2D eigenvalue weighted by molar-refractivity contribution is 5.83. The van der Waals surface area contributed by atoms with Crippen molar-refractivity contribution in [1.29, 1.82) is 5.26 Å². The maximum absolute atomic E-state index is 9.19. The fraction of sp³-hybridized carbons (Fsp3) is 0.231. The molecule has 3 heteroatoms. The Kier molecular flexibility index (Phi) is 2.84. The van der Waals surface area contributed by atoms with Gasteiger partial charge in [-0.1, -0.05) is 18.2 Å². The second-order valence-electron chi connectivity index (χ2n) is 3.73. The first kappa shape index (κ1) is 10.6. The number of hydrogen-bond acceptors (Lipinski definition) is 3. The number of benzene rings is 1. The van der Waals surface area contributed by atoms with E-state index in [1.807, 2.05) is 37.3 Å². The zero-order valence-corrected chi connectivity index (χ0v) is 9.01. The van der Waals surface area contributed by atoms with Gasteiger partial charge >= 0.3 is 0 Å². The number of nitriles is 1. The van der Waals surface area contributed by atoms with Crippen molar-refractivity contribution in [1.82, 2.24) is 4.98 Å². The van der Waals surface area contributed by atoms with Crippen LogP contribution in [0.25, 0.3) is 10.9 Å². The molecule has 1 unspecified atom stereocenters.